The summed E-state index contributed by atoms with van der Waals surface area (Å²) in [4.78, 5) is 15.0. The second kappa shape index (κ2) is 4.90. The predicted octanol–water partition coefficient (Wildman–Crippen LogP) is 2.84. The van der Waals surface area contributed by atoms with Crippen LogP contribution in [0.4, 0.5) is 0 Å². The minimum Gasteiger partial charge on any atom is -0.485 e. The fraction of sp³-hybridized carbons (Fsp3) is 0.167. The molecule has 0 spiro atoms. The SMILES string of the molecule is Cc1cccc(C=O)c1OCc1nccs1. The molecule has 2 rings (SSSR count). The van der Waals surface area contributed by atoms with E-state index in [1.165, 1.54) is 11.3 Å². The van der Waals surface area contributed by atoms with Gasteiger partial charge in [-0.05, 0) is 18.6 Å². The van der Waals surface area contributed by atoms with Gasteiger partial charge in [0.05, 0.1) is 5.56 Å². The molecular weight excluding hydrogens is 222 g/mol. The molecule has 0 amide bonds. The Labute approximate surface area is 97.7 Å². The van der Waals surface area contributed by atoms with Crippen molar-refractivity contribution in [1.29, 1.82) is 0 Å². The highest BCUT2D eigenvalue weighted by atomic mass is 32.1. The van der Waals surface area contributed by atoms with Gasteiger partial charge in [-0.2, -0.15) is 0 Å². The van der Waals surface area contributed by atoms with Crippen molar-refractivity contribution in [3.05, 3.63) is 45.9 Å². The third-order valence-corrected chi connectivity index (χ3v) is 2.95. The fourth-order valence-corrected chi connectivity index (χ4v) is 1.95. The molecule has 0 aliphatic heterocycles. The number of thiazole rings is 1. The molecule has 0 fully saturated rings. The molecule has 16 heavy (non-hydrogen) atoms. The molecule has 0 N–H and O–H groups in total. The van der Waals surface area contributed by atoms with Crippen LogP contribution in [0, 0.1) is 6.92 Å². The molecule has 1 aromatic heterocycles. The lowest BCUT2D eigenvalue weighted by Crippen LogP contribution is -1.99. The highest BCUT2D eigenvalue weighted by molar-refractivity contribution is 7.09. The van der Waals surface area contributed by atoms with E-state index in [4.69, 9.17) is 4.74 Å². The maximum Gasteiger partial charge on any atom is 0.153 e. The highest BCUT2D eigenvalue weighted by Gasteiger charge is 2.06. The summed E-state index contributed by atoms with van der Waals surface area (Å²) in [5.74, 6) is 0.646. The number of benzene rings is 1. The van der Waals surface area contributed by atoms with Crippen LogP contribution in [0.25, 0.3) is 0 Å². The van der Waals surface area contributed by atoms with E-state index in [0.717, 1.165) is 16.9 Å². The monoisotopic (exact) mass is 233 g/mol. The van der Waals surface area contributed by atoms with Crippen LogP contribution in [0.3, 0.4) is 0 Å². The normalized spacial score (nSPS) is 10.1. The van der Waals surface area contributed by atoms with E-state index < -0.39 is 0 Å². The topological polar surface area (TPSA) is 39.2 Å². The van der Waals surface area contributed by atoms with Crippen LogP contribution >= 0.6 is 11.3 Å². The van der Waals surface area contributed by atoms with E-state index in [9.17, 15) is 4.79 Å². The van der Waals surface area contributed by atoms with Crippen molar-refractivity contribution < 1.29 is 9.53 Å². The van der Waals surface area contributed by atoms with Crippen LogP contribution in [0.5, 0.6) is 5.75 Å². The third kappa shape index (κ3) is 2.28. The maximum atomic E-state index is 10.8. The Kier molecular flexibility index (Phi) is 3.31. The van der Waals surface area contributed by atoms with Gasteiger partial charge in [-0.15, -0.1) is 11.3 Å². The summed E-state index contributed by atoms with van der Waals surface area (Å²) in [7, 11) is 0. The van der Waals surface area contributed by atoms with Crippen molar-refractivity contribution in [3.63, 3.8) is 0 Å². The Morgan fingerprint density at radius 2 is 2.38 bits per heavy atom. The first-order valence-electron chi connectivity index (χ1n) is 4.87. The van der Waals surface area contributed by atoms with E-state index >= 15 is 0 Å². The summed E-state index contributed by atoms with van der Waals surface area (Å²) in [6.45, 7) is 2.33. The number of hydrogen-bond donors (Lipinski definition) is 0. The number of hydrogen-bond acceptors (Lipinski definition) is 4. The van der Waals surface area contributed by atoms with Crippen molar-refractivity contribution in [2.45, 2.75) is 13.5 Å². The molecule has 0 radical (unpaired) electrons. The maximum absolute atomic E-state index is 10.8. The Bertz CT molecular complexity index is 480. The van der Waals surface area contributed by atoms with Crippen LogP contribution in [0.2, 0.25) is 0 Å². The lowest BCUT2D eigenvalue weighted by molar-refractivity contribution is 0.111. The zero-order valence-corrected chi connectivity index (χ0v) is 9.66. The van der Waals surface area contributed by atoms with Gasteiger partial charge in [0.15, 0.2) is 6.29 Å². The first-order chi connectivity index (χ1) is 7.81. The molecular formula is C12H11NO2S. The first kappa shape index (κ1) is 10.8. The largest absolute Gasteiger partial charge is 0.485 e. The highest BCUT2D eigenvalue weighted by Crippen LogP contribution is 2.23. The van der Waals surface area contributed by atoms with Gasteiger partial charge < -0.3 is 4.74 Å². The van der Waals surface area contributed by atoms with E-state index in [1.54, 1.807) is 12.3 Å². The van der Waals surface area contributed by atoms with Crippen molar-refractivity contribution in [2.75, 3.05) is 0 Å². The zero-order valence-electron chi connectivity index (χ0n) is 8.84. The van der Waals surface area contributed by atoms with Crippen LogP contribution < -0.4 is 4.74 Å². The molecule has 1 heterocycles. The van der Waals surface area contributed by atoms with Gasteiger partial charge in [0.1, 0.15) is 17.4 Å². The molecule has 0 atom stereocenters. The number of nitrogens with zero attached hydrogens (tertiary/aromatic N) is 1. The Morgan fingerprint density at radius 1 is 1.50 bits per heavy atom. The number of aromatic nitrogens is 1. The van der Waals surface area contributed by atoms with Crippen molar-refractivity contribution in [1.82, 2.24) is 4.98 Å². The molecule has 3 nitrogen and oxygen atoms in total. The predicted molar refractivity (Wildman–Crippen MR) is 63.0 cm³/mol. The lowest BCUT2D eigenvalue weighted by Gasteiger charge is -2.09. The van der Waals surface area contributed by atoms with Gasteiger partial charge in [0.2, 0.25) is 0 Å². The summed E-state index contributed by atoms with van der Waals surface area (Å²) in [6, 6.07) is 5.51. The molecule has 82 valence electrons. The minimum atomic E-state index is 0.406. The van der Waals surface area contributed by atoms with Gasteiger partial charge in [0.25, 0.3) is 0 Å². The van der Waals surface area contributed by atoms with Gasteiger partial charge in [-0.25, -0.2) is 4.98 Å². The lowest BCUT2D eigenvalue weighted by atomic mass is 10.1. The molecule has 0 saturated carbocycles. The third-order valence-electron chi connectivity index (χ3n) is 2.19. The summed E-state index contributed by atoms with van der Waals surface area (Å²) in [5.41, 5.74) is 1.54. The van der Waals surface area contributed by atoms with Crippen molar-refractivity contribution in [3.8, 4) is 5.75 Å². The molecule has 4 heteroatoms. The van der Waals surface area contributed by atoms with Crippen LogP contribution in [-0.4, -0.2) is 11.3 Å². The van der Waals surface area contributed by atoms with Crippen molar-refractivity contribution >= 4 is 17.6 Å². The van der Waals surface area contributed by atoms with Crippen molar-refractivity contribution in [2.24, 2.45) is 0 Å². The van der Waals surface area contributed by atoms with Crippen LogP contribution in [-0.2, 0) is 6.61 Å². The summed E-state index contributed by atoms with van der Waals surface area (Å²) >= 11 is 1.54. The van der Waals surface area contributed by atoms with Gasteiger partial charge in [-0.1, -0.05) is 12.1 Å². The smallest absolute Gasteiger partial charge is 0.153 e. The summed E-state index contributed by atoms with van der Waals surface area (Å²) in [6.07, 6.45) is 2.55. The quantitative estimate of drug-likeness (QED) is 0.762. The molecule has 1 aromatic carbocycles. The van der Waals surface area contributed by atoms with Gasteiger partial charge >= 0.3 is 0 Å². The van der Waals surface area contributed by atoms with Gasteiger partial charge in [-0.3, -0.25) is 4.79 Å². The molecule has 0 unspecified atom stereocenters. The van der Waals surface area contributed by atoms with Crippen LogP contribution in [0.15, 0.2) is 29.8 Å². The summed E-state index contributed by atoms with van der Waals surface area (Å²) in [5, 5.41) is 2.80. The average molecular weight is 233 g/mol. The molecule has 2 aromatic rings. The second-order valence-corrected chi connectivity index (χ2v) is 4.30. The summed E-state index contributed by atoms with van der Waals surface area (Å²) < 4.78 is 5.62. The second-order valence-electron chi connectivity index (χ2n) is 3.33. The average Bonchev–Trinajstić information content (AvgIpc) is 2.80. The Balaban J connectivity index is 2.17. The molecule has 0 bridgehead atoms. The van der Waals surface area contributed by atoms with Crippen LogP contribution in [0.1, 0.15) is 20.9 Å². The molecule has 0 saturated heterocycles. The van der Waals surface area contributed by atoms with Gasteiger partial charge in [0, 0.05) is 11.6 Å². The number of para-hydroxylation sites is 1. The Morgan fingerprint density at radius 3 is 3.06 bits per heavy atom. The Hall–Kier alpha value is -1.68. The number of aryl methyl sites for hydroxylation is 1. The number of carbonyl (C=O) groups excluding carboxylic acids is 1. The number of aldehydes is 1. The molecule has 0 aliphatic carbocycles. The number of rotatable bonds is 4. The van der Waals surface area contributed by atoms with E-state index in [-0.39, 0.29) is 0 Å². The van der Waals surface area contributed by atoms with E-state index in [0.29, 0.717) is 17.9 Å². The van der Waals surface area contributed by atoms with E-state index in [2.05, 4.69) is 4.98 Å². The fourth-order valence-electron chi connectivity index (χ4n) is 1.42. The first-order valence-corrected chi connectivity index (χ1v) is 5.75. The minimum absolute atomic E-state index is 0.406. The molecule has 0 aliphatic rings. The standard InChI is InChI=1S/C12H11NO2S/c1-9-3-2-4-10(7-14)12(9)15-8-11-13-5-6-16-11/h2-7H,8H2,1H3. The number of ether oxygens (including phenoxy) is 1. The van der Waals surface area contributed by atoms with E-state index in [1.807, 2.05) is 24.4 Å². The number of carbonyl (C=O) groups is 1. The zero-order chi connectivity index (χ0) is 11.4.